The Bertz CT molecular complexity index is 1030. The smallest absolute Gasteiger partial charge is 0.313 e. The summed E-state index contributed by atoms with van der Waals surface area (Å²) >= 11 is 0. The Kier molecular flexibility index (Phi) is 5.59. The van der Waals surface area contributed by atoms with E-state index >= 15 is 0 Å². The number of esters is 1. The molecule has 4 rings (SSSR count). The van der Waals surface area contributed by atoms with Crippen LogP contribution in [-0.2, 0) is 25.5 Å². The summed E-state index contributed by atoms with van der Waals surface area (Å²) in [4.78, 5) is 24.4. The Morgan fingerprint density at radius 2 is 2.00 bits per heavy atom. The Balaban J connectivity index is 1.38. The number of hydroxylamine groups is 1. The second kappa shape index (κ2) is 8.32. The molecule has 2 aliphatic rings. The highest BCUT2D eigenvalue weighted by molar-refractivity contribution is 5.93. The van der Waals surface area contributed by atoms with Crippen molar-refractivity contribution in [3.63, 3.8) is 0 Å². The number of ether oxygens (including phenoxy) is 2. The molecule has 2 aromatic rings. The fourth-order valence-electron chi connectivity index (χ4n) is 4.47. The standard InChI is InChI=1S/C24H25NO5/c1-29-23(27)24(15-21(24)22(26)25-28)19-7-4-8-20(14-19)30-12-11-16-9-10-17-5-2-3-6-18(17)13-16/h2-10,13,19,21,28H,11-12,14-15H2,1H3,(H,25,26)/t19?,21-,24-/m1/s1. The van der Waals surface area contributed by atoms with E-state index in [1.54, 1.807) is 5.48 Å². The second-order valence-corrected chi connectivity index (χ2v) is 7.87. The van der Waals surface area contributed by atoms with E-state index in [1.807, 2.05) is 30.4 Å². The van der Waals surface area contributed by atoms with E-state index in [-0.39, 0.29) is 5.92 Å². The highest BCUT2D eigenvalue weighted by atomic mass is 16.5. The molecule has 3 atom stereocenters. The van der Waals surface area contributed by atoms with Gasteiger partial charge in [-0.05, 0) is 28.8 Å². The van der Waals surface area contributed by atoms with Crippen molar-refractivity contribution in [3.05, 3.63) is 72.0 Å². The Hall–Kier alpha value is -3.12. The molecule has 0 bridgehead atoms. The van der Waals surface area contributed by atoms with Crippen LogP contribution >= 0.6 is 0 Å². The van der Waals surface area contributed by atoms with Gasteiger partial charge >= 0.3 is 5.97 Å². The molecule has 6 nitrogen and oxygen atoms in total. The average molecular weight is 407 g/mol. The van der Waals surface area contributed by atoms with Crippen LogP contribution in [0.4, 0.5) is 0 Å². The molecule has 6 heteroatoms. The summed E-state index contributed by atoms with van der Waals surface area (Å²) in [5, 5.41) is 11.4. The van der Waals surface area contributed by atoms with Crippen molar-refractivity contribution in [3.8, 4) is 0 Å². The number of carbonyl (C=O) groups is 2. The first kappa shape index (κ1) is 20.2. The predicted octanol–water partition coefficient (Wildman–Crippen LogP) is 3.54. The van der Waals surface area contributed by atoms with Crippen molar-refractivity contribution in [1.82, 2.24) is 5.48 Å². The number of fused-ring (bicyclic) bond motifs is 1. The maximum Gasteiger partial charge on any atom is 0.313 e. The van der Waals surface area contributed by atoms with Crippen LogP contribution < -0.4 is 5.48 Å². The maximum absolute atomic E-state index is 12.5. The second-order valence-electron chi connectivity index (χ2n) is 7.87. The molecule has 1 fully saturated rings. The Morgan fingerprint density at radius 3 is 2.77 bits per heavy atom. The first-order chi connectivity index (χ1) is 14.6. The third-order valence-electron chi connectivity index (χ3n) is 6.20. The lowest BCUT2D eigenvalue weighted by atomic mass is 9.81. The summed E-state index contributed by atoms with van der Waals surface area (Å²) in [6, 6.07) is 14.6. The van der Waals surface area contributed by atoms with Crippen LogP contribution in [0.15, 0.2) is 66.5 Å². The number of hydrogen-bond donors (Lipinski definition) is 2. The number of rotatable bonds is 7. The largest absolute Gasteiger partial charge is 0.498 e. The Labute approximate surface area is 175 Å². The molecule has 2 N–H and O–H groups in total. The van der Waals surface area contributed by atoms with Crippen molar-refractivity contribution >= 4 is 22.6 Å². The number of amides is 1. The molecule has 2 aliphatic carbocycles. The van der Waals surface area contributed by atoms with Gasteiger partial charge < -0.3 is 9.47 Å². The molecule has 0 saturated heterocycles. The van der Waals surface area contributed by atoms with E-state index in [4.69, 9.17) is 14.7 Å². The molecule has 1 saturated carbocycles. The molecule has 0 aromatic heterocycles. The molecular weight excluding hydrogens is 382 g/mol. The maximum atomic E-state index is 12.5. The average Bonchev–Trinajstić information content (AvgIpc) is 3.55. The molecule has 30 heavy (non-hydrogen) atoms. The van der Waals surface area contributed by atoms with Gasteiger partial charge in [-0.1, -0.05) is 54.6 Å². The summed E-state index contributed by atoms with van der Waals surface area (Å²) in [6.45, 7) is 0.524. The van der Waals surface area contributed by atoms with Crippen LogP contribution in [0.5, 0.6) is 0 Å². The highest BCUT2D eigenvalue weighted by Gasteiger charge is 2.68. The molecule has 0 radical (unpaired) electrons. The van der Waals surface area contributed by atoms with Gasteiger partial charge in [0.25, 0.3) is 0 Å². The lowest BCUT2D eigenvalue weighted by Crippen LogP contribution is -2.34. The van der Waals surface area contributed by atoms with E-state index in [0.29, 0.717) is 19.4 Å². The van der Waals surface area contributed by atoms with Gasteiger partial charge in [0, 0.05) is 18.8 Å². The fourth-order valence-corrected chi connectivity index (χ4v) is 4.47. The van der Waals surface area contributed by atoms with Crippen LogP contribution in [0.3, 0.4) is 0 Å². The van der Waals surface area contributed by atoms with Crippen molar-refractivity contribution in [2.75, 3.05) is 13.7 Å². The van der Waals surface area contributed by atoms with Gasteiger partial charge in [0.15, 0.2) is 0 Å². The minimum atomic E-state index is -0.945. The van der Waals surface area contributed by atoms with E-state index in [0.717, 1.165) is 12.2 Å². The molecule has 0 heterocycles. The van der Waals surface area contributed by atoms with Crippen LogP contribution in [0, 0.1) is 17.3 Å². The van der Waals surface area contributed by atoms with Crippen LogP contribution in [0.1, 0.15) is 18.4 Å². The molecule has 1 unspecified atom stereocenters. The highest BCUT2D eigenvalue weighted by Crippen LogP contribution is 2.61. The van der Waals surface area contributed by atoms with Gasteiger partial charge in [-0.15, -0.1) is 0 Å². The molecule has 2 aromatic carbocycles. The van der Waals surface area contributed by atoms with Gasteiger partial charge in [0.05, 0.1) is 30.8 Å². The van der Waals surface area contributed by atoms with E-state index in [2.05, 4.69) is 30.3 Å². The van der Waals surface area contributed by atoms with E-state index in [9.17, 15) is 9.59 Å². The monoisotopic (exact) mass is 407 g/mol. The third kappa shape index (κ3) is 3.71. The quantitative estimate of drug-likeness (QED) is 0.417. The molecule has 156 valence electrons. The number of benzene rings is 2. The number of allylic oxidation sites excluding steroid dienone is 4. The normalized spacial score (nSPS) is 24.8. The summed E-state index contributed by atoms with van der Waals surface area (Å²) in [7, 11) is 1.32. The molecule has 0 aliphatic heterocycles. The van der Waals surface area contributed by atoms with Gasteiger partial charge in [0.1, 0.15) is 0 Å². The minimum absolute atomic E-state index is 0.215. The van der Waals surface area contributed by atoms with Gasteiger partial charge in [0.2, 0.25) is 5.91 Å². The molecule has 1 amide bonds. The van der Waals surface area contributed by atoms with E-state index < -0.39 is 23.2 Å². The minimum Gasteiger partial charge on any atom is -0.498 e. The topological polar surface area (TPSA) is 84.9 Å². The van der Waals surface area contributed by atoms with E-state index in [1.165, 1.54) is 23.4 Å². The van der Waals surface area contributed by atoms with Crippen LogP contribution in [0.25, 0.3) is 10.8 Å². The zero-order valence-corrected chi connectivity index (χ0v) is 16.8. The predicted molar refractivity (Wildman–Crippen MR) is 111 cm³/mol. The first-order valence-electron chi connectivity index (χ1n) is 10.1. The third-order valence-corrected chi connectivity index (χ3v) is 6.20. The lowest BCUT2D eigenvalue weighted by Gasteiger charge is -2.26. The first-order valence-corrected chi connectivity index (χ1v) is 10.1. The van der Waals surface area contributed by atoms with Crippen LogP contribution in [0.2, 0.25) is 0 Å². The zero-order valence-electron chi connectivity index (χ0n) is 16.8. The SMILES string of the molecule is COC(=O)[C@@]1(C2C=CC=C(OCCc3ccc4ccccc4c3)C2)C[C@@H]1C(=O)NO. The zero-order chi connectivity index (χ0) is 21.1. The van der Waals surface area contributed by atoms with Crippen LogP contribution in [-0.4, -0.2) is 30.8 Å². The summed E-state index contributed by atoms with van der Waals surface area (Å²) in [5.74, 6) is -1.01. The number of nitrogens with one attached hydrogen (secondary N) is 1. The number of methoxy groups -OCH3 is 1. The van der Waals surface area contributed by atoms with Gasteiger partial charge in [-0.25, -0.2) is 5.48 Å². The summed E-state index contributed by atoms with van der Waals surface area (Å²) in [5.41, 5.74) is 1.91. The van der Waals surface area contributed by atoms with Crippen molar-refractivity contribution in [2.45, 2.75) is 19.3 Å². The van der Waals surface area contributed by atoms with Crippen molar-refractivity contribution in [1.29, 1.82) is 0 Å². The molecular formula is C24H25NO5. The van der Waals surface area contributed by atoms with Crippen molar-refractivity contribution < 1.29 is 24.3 Å². The number of carbonyl (C=O) groups excluding carboxylic acids is 2. The molecule has 0 spiro atoms. The number of hydrogen-bond acceptors (Lipinski definition) is 5. The Morgan fingerprint density at radius 1 is 1.20 bits per heavy atom. The summed E-state index contributed by atoms with van der Waals surface area (Å²) in [6.07, 6.45) is 7.30. The summed E-state index contributed by atoms with van der Waals surface area (Å²) < 4.78 is 11.0. The van der Waals surface area contributed by atoms with Crippen molar-refractivity contribution in [2.24, 2.45) is 17.3 Å². The van der Waals surface area contributed by atoms with Gasteiger partial charge in [-0.3, -0.25) is 14.8 Å². The van der Waals surface area contributed by atoms with Gasteiger partial charge in [-0.2, -0.15) is 0 Å². The lowest BCUT2D eigenvalue weighted by molar-refractivity contribution is -0.151. The fraction of sp³-hybridized carbons (Fsp3) is 0.333.